The van der Waals surface area contributed by atoms with E-state index in [1.807, 2.05) is 6.92 Å². The van der Waals surface area contributed by atoms with E-state index in [9.17, 15) is 9.59 Å². The average Bonchev–Trinajstić information content (AvgIpc) is 3.15. The van der Waals surface area contributed by atoms with E-state index in [1.165, 1.54) is 4.90 Å². The van der Waals surface area contributed by atoms with E-state index in [0.717, 1.165) is 0 Å². The molecule has 1 aliphatic rings. The third kappa shape index (κ3) is 5.26. The summed E-state index contributed by atoms with van der Waals surface area (Å²) in [5.41, 5.74) is 1.48. The Hall–Kier alpha value is -3.81. The minimum Gasteiger partial charge on any atom is -0.497 e. The molecule has 0 radical (unpaired) electrons. The molecule has 2 aromatic rings. The summed E-state index contributed by atoms with van der Waals surface area (Å²) in [7, 11) is 4.90. The number of carbonyl (C=O) groups excluding carboxylic acids is 2. The van der Waals surface area contributed by atoms with Gasteiger partial charge in [-0.3, -0.25) is 4.79 Å². The molecule has 168 valence electrons. The molecule has 1 atom stereocenters. The summed E-state index contributed by atoms with van der Waals surface area (Å²) in [4.78, 5) is 30.3. The number of rotatable bonds is 8. The van der Waals surface area contributed by atoms with Gasteiger partial charge in [0.25, 0.3) is 5.91 Å². The SMILES string of the molecule is CCOc1cc(/C=C2/N=C(c3cccc(OC)c3)OC2=O)ccc1O[C@@H](C)C(=O)N(C)C. The fourth-order valence-electron chi connectivity index (χ4n) is 3.03. The summed E-state index contributed by atoms with van der Waals surface area (Å²) in [5, 5.41) is 0. The second kappa shape index (κ2) is 10.00. The van der Waals surface area contributed by atoms with E-state index < -0.39 is 12.1 Å². The van der Waals surface area contributed by atoms with Crippen molar-refractivity contribution < 1.29 is 28.5 Å². The average molecular weight is 438 g/mol. The monoisotopic (exact) mass is 438 g/mol. The molecular weight excluding hydrogens is 412 g/mol. The molecule has 2 aromatic carbocycles. The maximum atomic E-state index is 12.3. The molecule has 0 saturated heterocycles. The fourth-order valence-corrected chi connectivity index (χ4v) is 3.03. The lowest BCUT2D eigenvalue weighted by Crippen LogP contribution is -2.35. The Balaban J connectivity index is 1.87. The van der Waals surface area contributed by atoms with Gasteiger partial charge in [-0.25, -0.2) is 9.79 Å². The van der Waals surface area contributed by atoms with Gasteiger partial charge in [0.05, 0.1) is 13.7 Å². The first-order valence-corrected chi connectivity index (χ1v) is 10.1. The van der Waals surface area contributed by atoms with Crippen molar-refractivity contribution in [2.24, 2.45) is 4.99 Å². The summed E-state index contributed by atoms with van der Waals surface area (Å²) in [6, 6.07) is 12.3. The highest BCUT2D eigenvalue weighted by atomic mass is 16.6. The van der Waals surface area contributed by atoms with Gasteiger partial charge in [0.15, 0.2) is 23.3 Å². The molecule has 32 heavy (non-hydrogen) atoms. The molecule has 0 unspecified atom stereocenters. The third-order valence-electron chi connectivity index (χ3n) is 4.60. The standard InChI is InChI=1S/C24H26N2O6/c1-6-30-21-13-16(10-11-20(21)31-15(2)23(27)26(3)4)12-19-24(28)32-22(25-19)17-8-7-9-18(14-17)29-5/h7-15H,6H2,1-5H3/b19-12+/t15-/m0/s1. The number of hydrogen-bond acceptors (Lipinski definition) is 7. The van der Waals surface area contributed by atoms with Gasteiger partial charge in [-0.2, -0.15) is 0 Å². The predicted molar refractivity (Wildman–Crippen MR) is 120 cm³/mol. The first kappa shape index (κ1) is 22.9. The van der Waals surface area contributed by atoms with Crippen LogP contribution in [0.5, 0.6) is 17.2 Å². The molecule has 0 aliphatic carbocycles. The van der Waals surface area contributed by atoms with E-state index in [2.05, 4.69) is 4.99 Å². The van der Waals surface area contributed by atoms with Crippen LogP contribution in [-0.4, -0.2) is 56.6 Å². The van der Waals surface area contributed by atoms with Gasteiger partial charge in [0, 0.05) is 19.7 Å². The van der Waals surface area contributed by atoms with Gasteiger partial charge in [0.1, 0.15) is 5.75 Å². The Morgan fingerprint density at radius 2 is 1.97 bits per heavy atom. The normalized spacial score (nSPS) is 15.1. The Kier molecular flexibility index (Phi) is 7.14. The largest absolute Gasteiger partial charge is 0.497 e. The molecule has 8 heteroatoms. The summed E-state index contributed by atoms with van der Waals surface area (Å²) in [6.07, 6.45) is 0.934. The number of cyclic esters (lactones) is 1. The number of methoxy groups -OCH3 is 1. The van der Waals surface area contributed by atoms with Crippen LogP contribution < -0.4 is 14.2 Å². The molecule has 0 bridgehead atoms. The molecule has 0 N–H and O–H groups in total. The number of hydrogen-bond donors (Lipinski definition) is 0. The van der Waals surface area contributed by atoms with Crippen molar-refractivity contribution in [2.45, 2.75) is 20.0 Å². The zero-order valence-electron chi connectivity index (χ0n) is 18.7. The van der Waals surface area contributed by atoms with Crippen molar-refractivity contribution in [1.29, 1.82) is 0 Å². The van der Waals surface area contributed by atoms with Crippen molar-refractivity contribution in [1.82, 2.24) is 4.90 Å². The van der Waals surface area contributed by atoms with Crippen LogP contribution >= 0.6 is 0 Å². The molecule has 0 fully saturated rings. The Labute approximate surface area is 187 Å². The minimum absolute atomic E-state index is 0.160. The zero-order chi connectivity index (χ0) is 23.3. The van der Waals surface area contributed by atoms with E-state index >= 15 is 0 Å². The highest BCUT2D eigenvalue weighted by Gasteiger charge is 2.25. The van der Waals surface area contributed by atoms with Gasteiger partial charge >= 0.3 is 5.97 Å². The molecule has 0 aromatic heterocycles. The lowest BCUT2D eigenvalue weighted by atomic mass is 10.1. The smallest absolute Gasteiger partial charge is 0.363 e. The number of ether oxygens (including phenoxy) is 4. The number of aliphatic imine (C=N–C) groups is 1. The summed E-state index contributed by atoms with van der Waals surface area (Å²) >= 11 is 0. The van der Waals surface area contributed by atoms with Crippen molar-refractivity contribution in [3.63, 3.8) is 0 Å². The molecule has 1 aliphatic heterocycles. The molecule has 1 amide bonds. The van der Waals surface area contributed by atoms with E-state index in [-0.39, 0.29) is 17.5 Å². The number of likely N-dealkylation sites (N-methyl/N-ethyl adjacent to an activating group) is 1. The highest BCUT2D eigenvalue weighted by Crippen LogP contribution is 2.31. The molecule has 8 nitrogen and oxygen atoms in total. The fraction of sp³-hybridized carbons (Fsp3) is 0.292. The first-order chi connectivity index (χ1) is 15.3. The Bertz CT molecular complexity index is 1070. The van der Waals surface area contributed by atoms with Crippen molar-refractivity contribution in [2.75, 3.05) is 27.8 Å². The van der Waals surface area contributed by atoms with Crippen LogP contribution in [0.15, 0.2) is 53.2 Å². The van der Waals surface area contributed by atoms with E-state index in [4.69, 9.17) is 18.9 Å². The van der Waals surface area contributed by atoms with Crippen LogP contribution in [0.25, 0.3) is 6.08 Å². The zero-order valence-corrected chi connectivity index (χ0v) is 18.7. The molecule has 0 saturated carbocycles. The van der Waals surface area contributed by atoms with Crippen LogP contribution in [0, 0.1) is 0 Å². The first-order valence-electron chi connectivity index (χ1n) is 10.1. The number of nitrogens with zero attached hydrogens (tertiary/aromatic N) is 2. The lowest BCUT2D eigenvalue weighted by Gasteiger charge is -2.20. The van der Waals surface area contributed by atoms with Crippen molar-refractivity contribution >= 4 is 23.9 Å². The summed E-state index contributed by atoms with van der Waals surface area (Å²) < 4.78 is 22.0. The van der Waals surface area contributed by atoms with Gasteiger partial charge in [-0.15, -0.1) is 0 Å². The Morgan fingerprint density at radius 3 is 2.66 bits per heavy atom. The number of benzene rings is 2. The van der Waals surface area contributed by atoms with Gasteiger partial charge in [0.2, 0.25) is 5.90 Å². The predicted octanol–water partition coefficient (Wildman–Crippen LogP) is 3.29. The molecule has 1 heterocycles. The summed E-state index contributed by atoms with van der Waals surface area (Å²) in [6.45, 7) is 3.94. The van der Waals surface area contributed by atoms with Crippen LogP contribution in [0.2, 0.25) is 0 Å². The van der Waals surface area contributed by atoms with Crippen LogP contribution in [0.4, 0.5) is 0 Å². The maximum absolute atomic E-state index is 12.3. The minimum atomic E-state index is -0.673. The van der Waals surface area contributed by atoms with E-state index in [1.54, 1.807) is 76.7 Å². The quantitative estimate of drug-likeness (QED) is 0.464. The van der Waals surface area contributed by atoms with Crippen molar-refractivity contribution in [3.8, 4) is 17.2 Å². The maximum Gasteiger partial charge on any atom is 0.363 e. The number of esters is 1. The second-order valence-electron chi connectivity index (χ2n) is 7.20. The molecule has 3 rings (SSSR count). The summed E-state index contributed by atoms with van der Waals surface area (Å²) in [5.74, 6) is 1.03. The highest BCUT2D eigenvalue weighted by molar-refractivity contribution is 6.13. The second-order valence-corrected chi connectivity index (χ2v) is 7.20. The van der Waals surface area contributed by atoms with Crippen LogP contribution in [0.1, 0.15) is 25.0 Å². The van der Waals surface area contributed by atoms with E-state index in [0.29, 0.717) is 35.0 Å². The van der Waals surface area contributed by atoms with Crippen LogP contribution in [0.3, 0.4) is 0 Å². The van der Waals surface area contributed by atoms with Gasteiger partial charge in [-0.1, -0.05) is 12.1 Å². The lowest BCUT2D eigenvalue weighted by molar-refractivity contribution is -0.135. The van der Waals surface area contributed by atoms with Crippen molar-refractivity contribution in [3.05, 3.63) is 59.3 Å². The number of carbonyl (C=O) groups is 2. The topological polar surface area (TPSA) is 86.7 Å². The third-order valence-corrected chi connectivity index (χ3v) is 4.60. The number of amides is 1. The van der Waals surface area contributed by atoms with Gasteiger partial charge in [-0.05, 0) is 55.8 Å². The Morgan fingerprint density at radius 1 is 1.19 bits per heavy atom. The molecule has 0 spiro atoms. The molecular formula is C24H26N2O6. The van der Waals surface area contributed by atoms with Crippen LogP contribution in [-0.2, 0) is 14.3 Å². The van der Waals surface area contributed by atoms with Gasteiger partial charge < -0.3 is 23.8 Å².